The number of hydrogen-bond donors (Lipinski definition) is 0. The van der Waals surface area contributed by atoms with Gasteiger partial charge in [-0.25, -0.2) is 0 Å². The second-order valence-corrected chi connectivity index (χ2v) is 6.02. The maximum absolute atomic E-state index is 10.4. The zero-order valence-electron chi connectivity index (χ0n) is 6.99. The van der Waals surface area contributed by atoms with E-state index in [1.165, 1.54) is 17.8 Å². The predicted octanol–water partition coefficient (Wildman–Crippen LogP) is -1.50. The average molecular weight is 231 g/mol. The van der Waals surface area contributed by atoms with Crippen molar-refractivity contribution in [2.24, 2.45) is 0 Å². The van der Waals surface area contributed by atoms with Gasteiger partial charge in [0, 0.05) is 12.0 Å². The van der Waals surface area contributed by atoms with Crippen LogP contribution in [0.3, 0.4) is 0 Å². The molecule has 1 aliphatic heterocycles. The molecule has 0 aromatic carbocycles. The van der Waals surface area contributed by atoms with Crippen LogP contribution in [0.2, 0.25) is 0 Å². The van der Waals surface area contributed by atoms with E-state index in [4.69, 9.17) is 0 Å². The molecule has 0 spiro atoms. The van der Waals surface area contributed by atoms with Crippen LogP contribution in [0.5, 0.6) is 0 Å². The van der Waals surface area contributed by atoms with Crippen molar-refractivity contribution in [3.63, 3.8) is 0 Å². The number of carbonyl (C=O) groups excluding carboxylic acids is 1. The van der Waals surface area contributed by atoms with Crippen molar-refractivity contribution in [1.29, 1.82) is 0 Å². The van der Waals surface area contributed by atoms with Crippen molar-refractivity contribution < 1.29 is 39.5 Å². The minimum Gasteiger partial charge on any atom is -0.530 e. The third-order valence-corrected chi connectivity index (χ3v) is 5.45. The first-order valence-corrected chi connectivity index (χ1v) is 6.28. The molecule has 0 aromatic heterocycles. The smallest absolute Gasteiger partial charge is 0.530 e. The molecule has 1 amide bonds. The van der Waals surface area contributed by atoms with Crippen LogP contribution in [0.15, 0.2) is 9.93 Å². The summed E-state index contributed by atoms with van der Waals surface area (Å²) in [5.41, 5.74) is 0. The molecule has 0 aromatic rings. The number of carbonyl (C=O) groups is 1. The largest absolute Gasteiger partial charge is 1.00 e. The molecule has 1 heterocycles. The predicted molar refractivity (Wildman–Crippen MR) is 48.6 cm³/mol. The molecule has 3 nitrogen and oxygen atoms in total. The van der Waals surface area contributed by atoms with E-state index in [0.29, 0.717) is 0 Å². The molecule has 0 saturated carbocycles. The van der Waals surface area contributed by atoms with E-state index in [9.17, 15) is 9.90 Å². The van der Waals surface area contributed by atoms with E-state index >= 15 is 0 Å². The molecule has 1 aliphatic rings. The van der Waals surface area contributed by atoms with Gasteiger partial charge in [-0.2, -0.15) is 0 Å². The van der Waals surface area contributed by atoms with Crippen molar-refractivity contribution in [2.75, 3.05) is 7.05 Å². The van der Waals surface area contributed by atoms with Crippen LogP contribution < -0.4 is 34.7 Å². The van der Waals surface area contributed by atoms with E-state index in [-0.39, 0.29) is 29.6 Å². The van der Waals surface area contributed by atoms with Gasteiger partial charge in [-0.3, -0.25) is 0 Å². The van der Waals surface area contributed by atoms with Crippen LogP contribution in [0, 0.1) is 0 Å². The van der Waals surface area contributed by atoms with Crippen LogP contribution >= 0.6 is 31.4 Å². The summed E-state index contributed by atoms with van der Waals surface area (Å²) in [6.07, 6.45) is -1.16. The molecule has 0 aliphatic carbocycles. The topological polar surface area (TPSA) is 43.4 Å². The molecule has 0 N–H and O–H groups in total. The second-order valence-electron chi connectivity index (χ2n) is 1.92. The van der Waals surface area contributed by atoms with Crippen LogP contribution in [-0.2, 0) is 0 Å². The Bertz CT molecular complexity index is 221. The van der Waals surface area contributed by atoms with Gasteiger partial charge in [-0.05, 0) is 38.3 Å². The fourth-order valence-corrected chi connectivity index (χ4v) is 5.20. The minimum absolute atomic E-state index is 0. The Morgan fingerprint density at radius 1 is 1.50 bits per heavy atom. The summed E-state index contributed by atoms with van der Waals surface area (Å²) >= 11 is 0. The number of hydrogen-bond acceptors (Lipinski definition) is 5. The van der Waals surface area contributed by atoms with E-state index in [1.54, 1.807) is 20.6 Å². The van der Waals surface area contributed by atoms with Gasteiger partial charge in [-0.15, -0.1) is 0 Å². The molecule has 0 saturated heterocycles. The molecule has 7 heteroatoms. The maximum Gasteiger partial charge on any atom is 1.00 e. The van der Waals surface area contributed by atoms with Crippen molar-refractivity contribution in [3.05, 3.63) is 9.93 Å². The number of amides is 1. The molecule has 62 valence electrons. The number of nitrogens with zero attached hydrogens (tertiary/aromatic N) is 1. The Morgan fingerprint density at radius 3 is 2.42 bits per heavy atom. The van der Waals surface area contributed by atoms with Crippen molar-refractivity contribution in [2.45, 2.75) is 6.92 Å². The molecule has 0 bridgehead atoms. The van der Waals surface area contributed by atoms with E-state index in [2.05, 4.69) is 0 Å². The molecule has 12 heavy (non-hydrogen) atoms. The van der Waals surface area contributed by atoms with E-state index < -0.39 is 6.09 Å². The fraction of sp³-hybridized carbons (Fsp3) is 0.400. The van der Waals surface area contributed by atoms with Gasteiger partial charge in [0.25, 0.3) is 0 Å². The molecule has 0 atom stereocenters. The number of carboxylic acid groups (broad SMARTS) is 1. The summed E-state index contributed by atoms with van der Waals surface area (Å²) in [4.78, 5) is 12.5. The van der Waals surface area contributed by atoms with Crippen LogP contribution in [-0.4, -0.2) is 18.0 Å². The third-order valence-electron chi connectivity index (χ3n) is 1.15. The maximum atomic E-state index is 10.4. The Hall–Kier alpha value is 1.06. The van der Waals surface area contributed by atoms with Crippen molar-refractivity contribution in [1.82, 2.24) is 4.90 Å². The van der Waals surface area contributed by atoms with Crippen molar-refractivity contribution in [3.8, 4) is 0 Å². The molecule has 1 rings (SSSR count). The molecule has 0 radical (unpaired) electrons. The first-order valence-electron chi connectivity index (χ1n) is 2.79. The van der Waals surface area contributed by atoms with Gasteiger partial charge < -0.3 is 14.8 Å². The van der Waals surface area contributed by atoms with Gasteiger partial charge in [0.15, 0.2) is 0 Å². The summed E-state index contributed by atoms with van der Waals surface area (Å²) in [5.74, 6) is 0. The molecular formula is C5H6NNaO2S3. The molecule has 0 unspecified atom stereocenters. The zero-order valence-corrected chi connectivity index (χ0v) is 11.4. The fourth-order valence-electron chi connectivity index (χ4n) is 0.570. The Labute approximate surface area is 105 Å². The zero-order chi connectivity index (χ0) is 8.43. The van der Waals surface area contributed by atoms with Crippen LogP contribution in [0.1, 0.15) is 6.92 Å². The SMILES string of the molecule is CC1=C(N(C)C(=O)[O-])SSS1.[Na+]. The monoisotopic (exact) mass is 231 g/mol. The van der Waals surface area contributed by atoms with Gasteiger partial charge in [0.1, 0.15) is 6.09 Å². The van der Waals surface area contributed by atoms with Crippen LogP contribution in [0.4, 0.5) is 4.79 Å². The van der Waals surface area contributed by atoms with E-state index in [1.807, 2.05) is 6.92 Å². The Balaban J connectivity index is 0.00000121. The summed E-state index contributed by atoms with van der Waals surface area (Å²) < 4.78 is 0. The Morgan fingerprint density at radius 2 is 2.08 bits per heavy atom. The van der Waals surface area contributed by atoms with Crippen molar-refractivity contribution >= 4 is 37.5 Å². The molecule has 0 fully saturated rings. The summed E-state index contributed by atoms with van der Waals surface area (Å²) in [5, 5.41) is 11.1. The average Bonchev–Trinajstić information content (AvgIpc) is 2.33. The van der Waals surface area contributed by atoms with Crippen LogP contribution in [0.25, 0.3) is 0 Å². The van der Waals surface area contributed by atoms with Gasteiger partial charge in [0.2, 0.25) is 0 Å². The first-order chi connectivity index (χ1) is 5.13. The standard InChI is InChI=1S/C5H7NO2S3.Na/c1-3-4(10-11-9-3)6(2)5(7)8;/h1-2H3,(H,7,8);/q;+1/p-1. The normalized spacial score (nSPS) is 15.8. The summed E-state index contributed by atoms with van der Waals surface area (Å²) in [6, 6.07) is 0. The van der Waals surface area contributed by atoms with Gasteiger partial charge in [-0.1, -0.05) is 0 Å². The third kappa shape index (κ3) is 3.08. The second kappa shape index (κ2) is 5.72. The van der Waals surface area contributed by atoms with Gasteiger partial charge in [0.05, 0.1) is 5.03 Å². The quantitative estimate of drug-likeness (QED) is 0.406. The summed E-state index contributed by atoms with van der Waals surface area (Å²) in [7, 11) is 6.08. The van der Waals surface area contributed by atoms with E-state index in [0.717, 1.165) is 14.8 Å². The summed E-state index contributed by atoms with van der Waals surface area (Å²) in [6.45, 7) is 1.90. The Kier molecular flexibility index (Phi) is 6.22. The first kappa shape index (κ1) is 13.1. The molecular weight excluding hydrogens is 225 g/mol. The number of allylic oxidation sites excluding steroid dienone is 1. The van der Waals surface area contributed by atoms with Gasteiger partial charge >= 0.3 is 29.6 Å². The number of rotatable bonds is 1. The minimum atomic E-state index is -1.16.